The molecule has 0 fully saturated rings. The van der Waals surface area contributed by atoms with Gasteiger partial charge in [-0.3, -0.25) is 0 Å². The Kier molecular flexibility index (Phi) is 2.01. The molecule has 1 heterocycles. The van der Waals surface area contributed by atoms with Crippen LogP contribution in [0.1, 0.15) is 6.92 Å². The first-order valence-corrected chi connectivity index (χ1v) is 3.89. The van der Waals surface area contributed by atoms with Crippen molar-refractivity contribution in [3.05, 3.63) is 5.38 Å². The smallest absolute Gasteiger partial charge is 0.155 e. The molecule has 0 atom stereocenters. The molecule has 0 aliphatic heterocycles. The lowest BCUT2D eigenvalue weighted by atomic mass is 10.5. The van der Waals surface area contributed by atoms with Gasteiger partial charge in [0.1, 0.15) is 10.7 Å². The van der Waals surface area contributed by atoms with E-state index in [1.165, 1.54) is 11.3 Å². The molecule has 0 unspecified atom stereocenters. The second kappa shape index (κ2) is 2.79. The molecule has 4 heteroatoms. The summed E-state index contributed by atoms with van der Waals surface area (Å²) in [5.74, 6) is 0.699. The van der Waals surface area contributed by atoms with Crippen LogP contribution in [-0.4, -0.2) is 6.61 Å². The molecule has 0 saturated heterocycles. The molecule has 1 aromatic heterocycles. The average Bonchev–Trinajstić information content (AvgIpc) is 2.20. The zero-order valence-corrected chi connectivity index (χ0v) is 6.57. The molecule has 56 valence electrons. The summed E-state index contributed by atoms with van der Waals surface area (Å²) in [5.41, 5.74) is 11.6. The molecule has 0 bridgehead atoms. The Labute approximate surface area is 63.6 Å². The monoisotopic (exact) mass is 158 g/mol. The highest BCUT2D eigenvalue weighted by atomic mass is 32.1. The van der Waals surface area contributed by atoms with Gasteiger partial charge in [-0.25, -0.2) is 0 Å². The zero-order chi connectivity index (χ0) is 7.56. The highest BCUT2D eigenvalue weighted by Gasteiger charge is 2.04. The van der Waals surface area contributed by atoms with Crippen molar-refractivity contribution in [1.29, 1.82) is 0 Å². The summed E-state index contributed by atoms with van der Waals surface area (Å²) in [5, 5.41) is 2.44. The van der Waals surface area contributed by atoms with Crippen LogP contribution in [0, 0.1) is 0 Å². The van der Waals surface area contributed by atoms with Gasteiger partial charge in [-0.15, -0.1) is 11.3 Å². The highest BCUT2D eigenvalue weighted by Crippen LogP contribution is 2.33. The molecule has 0 amide bonds. The van der Waals surface area contributed by atoms with E-state index in [-0.39, 0.29) is 0 Å². The minimum Gasteiger partial charge on any atom is -0.491 e. The second-order valence-electron chi connectivity index (χ2n) is 1.81. The predicted octanol–water partition coefficient (Wildman–Crippen LogP) is 1.31. The Morgan fingerprint density at radius 1 is 1.60 bits per heavy atom. The minimum absolute atomic E-state index is 0.562. The number of hydrogen-bond acceptors (Lipinski definition) is 4. The summed E-state index contributed by atoms with van der Waals surface area (Å²) in [6.07, 6.45) is 0. The van der Waals surface area contributed by atoms with Gasteiger partial charge in [0, 0.05) is 5.38 Å². The van der Waals surface area contributed by atoms with Gasteiger partial charge in [-0.2, -0.15) is 0 Å². The van der Waals surface area contributed by atoms with Gasteiger partial charge < -0.3 is 16.2 Å². The SMILES string of the molecule is CCOc1csc(N)c1N. The summed E-state index contributed by atoms with van der Waals surface area (Å²) < 4.78 is 5.16. The van der Waals surface area contributed by atoms with Crippen LogP contribution in [0.5, 0.6) is 5.75 Å². The number of anilines is 2. The highest BCUT2D eigenvalue weighted by molar-refractivity contribution is 7.15. The van der Waals surface area contributed by atoms with Crippen LogP contribution < -0.4 is 16.2 Å². The van der Waals surface area contributed by atoms with E-state index in [1.807, 2.05) is 12.3 Å². The van der Waals surface area contributed by atoms with E-state index in [9.17, 15) is 0 Å². The summed E-state index contributed by atoms with van der Waals surface area (Å²) in [4.78, 5) is 0. The van der Waals surface area contributed by atoms with E-state index in [1.54, 1.807) is 0 Å². The number of ether oxygens (including phenoxy) is 1. The maximum absolute atomic E-state index is 5.55. The Balaban J connectivity index is 2.83. The fourth-order valence-corrected chi connectivity index (χ4v) is 1.29. The van der Waals surface area contributed by atoms with Crippen molar-refractivity contribution in [2.45, 2.75) is 6.92 Å². The van der Waals surface area contributed by atoms with E-state index < -0.39 is 0 Å². The summed E-state index contributed by atoms with van der Waals surface area (Å²) in [6, 6.07) is 0. The third kappa shape index (κ3) is 1.16. The number of rotatable bonds is 2. The van der Waals surface area contributed by atoms with Gasteiger partial charge in [0.2, 0.25) is 0 Å². The zero-order valence-electron chi connectivity index (χ0n) is 5.76. The van der Waals surface area contributed by atoms with Crippen molar-refractivity contribution >= 4 is 22.0 Å². The lowest BCUT2D eigenvalue weighted by molar-refractivity contribution is 0.343. The molecular formula is C6H10N2OS. The van der Waals surface area contributed by atoms with Crippen molar-refractivity contribution in [3.63, 3.8) is 0 Å². The van der Waals surface area contributed by atoms with Crippen molar-refractivity contribution in [3.8, 4) is 5.75 Å². The first-order valence-electron chi connectivity index (χ1n) is 3.01. The van der Waals surface area contributed by atoms with Crippen molar-refractivity contribution in [2.75, 3.05) is 18.1 Å². The van der Waals surface area contributed by atoms with Crippen LogP contribution >= 0.6 is 11.3 Å². The second-order valence-corrected chi connectivity index (χ2v) is 2.72. The minimum atomic E-state index is 0.562. The molecular weight excluding hydrogens is 148 g/mol. The van der Waals surface area contributed by atoms with E-state index in [2.05, 4.69) is 0 Å². The van der Waals surface area contributed by atoms with Crippen LogP contribution in [-0.2, 0) is 0 Å². The molecule has 1 rings (SSSR count). The van der Waals surface area contributed by atoms with E-state index in [0.29, 0.717) is 23.0 Å². The van der Waals surface area contributed by atoms with Gasteiger partial charge in [-0.1, -0.05) is 0 Å². The first kappa shape index (κ1) is 7.21. The van der Waals surface area contributed by atoms with Gasteiger partial charge in [0.05, 0.1) is 6.61 Å². The predicted molar refractivity (Wildman–Crippen MR) is 44.3 cm³/mol. The molecule has 0 aliphatic carbocycles. The third-order valence-corrected chi connectivity index (χ3v) is 1.93. The molecule has 1 aromatic rings. The Hall–Kier alpha value is -0.900. The molecule has 10 heavy (non-hydrogen) atoms. The van der Waals surface area contributed by atoms with E-state index in [0.717, 1.165) is 0 Å². The van der Waals surface area contributed by atoms with Crippen molar-refractivity contribution in [1.82, 2.24) is 0 Å². The number of nitrogens with two attached hydrogens (primary N) is 2. The molecule has 3 nitrogen and oxygen atoms in total. The molecule has 0 aliphatic rings. The van der Waals surface area contributed by atoms with Crippen LogP contribution in [0.3, 0.4) is 0 Å². The molecule has 0 spiro atoms. The molecule has 4 N–H and O–H groups in total. The third-order valence-electron chi connectivity index (χ3n) is 1.12. The molecule has 0 aromatic carbocycles. The normalized spacial score (nSPS) is 9.70. The van der Waals surface area contributed by atoms with Crippen molar-refractivity contribution in [2.24, 2.45) is 0 Å². The molecule has 0 radical (unpaired) electrons. The van der Waals surface area contributed by atoms with Gasteiger partial charge >= 0.3 is 0 Å². The quantitative estimate of drug-likeness (QED) is 0.682. The first-order chi connectivity index (χ1) is 4.75. The summed E-state index contributed by atoms with van der Waals surface area (Å²) in [7, 11) is 0. The molecule has 0 saturated carbocycles. The largest absolute Gasteiger partial charge is 0.491 e. The average molecular weight is 158 g/mol. The fraction of sp³-hybridized carbons (Fsp3) is 0.333. The Bertz CT molecular complexity index is 222. The maximum Gasteiger partial charge on any atom is 0.155 e. The summed E-state index contributed by atoms with van der Waals surface area (Å²) >= 11 is 1.40. The van der Waals surface area contributed by atoms with Gasteiger partial charge in [0.15, 0.2) is 5.75 Å². The van der Waals surface area contributed by atoms with Crippen LogP contribution in [0.25, 0.3) is 0 Å². The number of hydrogen-bond donors (Lipinski definition) is 2. The maximum atomic E-state index is 5.55. The van der Waals surface area contributed by atoms with E-state index in [4.69, 9.17) is 16.2 Å². The van der Waals surface area contributed by atoms with Crippen molar-refractivity contribution < 1.29 is 4.74 Å². The topological polar surface area (TPSA) is 61.3 Å². The van der Waals surface area contributed by atoms with Crippen LogP contribution in [0.15, 0.2) is 5.38 Å². The fourth-order valence-electron chi connectivity index (χ4n) is 0.633. The lowest BCUT2D eigenvalue weighted by Crippen LogP contribution is -1.95. The van der Waals surface area contributed by atoms with Gasteiger partial charge in [-0.05, 0) is 6.92 Å². The number of thiophene rings is 1. The van der Waals surface area contributed by atoms with Gasteiger partial charge in [0.25, 0.3) is 0 Å². The standard InChI is InChI=1S/C6H10N2OS/c1-2-9-4-3-10-6(8)5(4)7/h3H,2,7-8H2,1H3. The lowest BCUT2D eigenvalue weighted by Gasteiger charge is -1.99. The summed E-state index contributed by atoms with van der Waals surface area (Å²) in [6.45, 7) is 2.54. The van der Waals surface area contributed by atoms with Crippen LogP contribution in [0.2, 0.25) is 0 Å². The Morgan fingerprint density at radius 2 is 2.30 bits per heavy atom. The van der Waals surface area contributed by atoms with Crippen LogP contribution in [0.4, 0.5) is 10.7 Å². The number of nitrogen functional groups attached to an aromatic ring is 2. The Morgan fingerprint density at radius 3 is 2.70 bits per heavy atom. The van der Waals surface area contributed by atoms with E-state index >= 15 is 0 Å².